The van der Waals surface area contributed by atoms with Crippen LogP contribution < -0.4 is 5.73 Å². The number of carbonyl (C=O) groups excluding carboxylic acids is 1. The molecule has 80 valence electrons. The van der Waals surface area contributed by atoms with E-state index in [1.165, 1.54) is 6.07 Å². The zero-order valence-electron chi connectivity index (χ0n) is 8.09. The molecule has 0 spiro atoms. The molecule has 0 unspecified atom stereocenters. The van der Waals surface area contributed by atoms with Crippen LogP contribution in [0.15, 0.2) is 18.2 Å². The number of nitrogens with two attached hydrogens (primary N) is 1. The molecule has 1 saturated carbocycles. The normalized spacial score (nSPS) is 18.3. The van der Waals surface area contributed by atoms with Crippen LogP contribution in [-0.4, -0.2) is 5.91 Å². The predicted molar refractivity (Wildman–Crippen MR) is 51.1 cm³/mol. The lowest BCUT2D eigenvalue weighted by atomic mass is 9.63. The van der Waals surface area contributed by atoms with E-state index in [9.17, 15) is 13.6 Å². The first-order valence-electron chi connectivity index (χ1n) is 4.82. The third-order valence-electron chi connectivity index (χ3n) is 3.12. The van der Waals surface area contributed by atoms with Crippen molar-refractivity contribution in [2.24, 2.45) is 5.73 Å². The molecular weight excluding hydrogens is 200 g/mol. The van der Waals surface area contributed by atoms with Crippen molar-refractivity contribution in [3.05, 3.63) is 35.4 Å². The maximum Gasteiger partial charge on any atom is 0.228 e. The Labute approximate surface area is 86.1 Å². The van der Waals surface area contributed by atoms with Crippen molar-refractivity contribution in [3.63, 3.8) is 0 Å². The average Bonchev–Trinajstić information content (AvgIpc) is 2.07. The molecule has 0 bridgehead atoms. The number of amides is 1. The number of benzene rings is 1. The van der Waals surface area contributed by atoms with Crippen molar-refractivity contribution >= 4 is 5.91 Å². The Bertz CT molecular complexity index is 393. The minimum Gasteiger partial charge on any atom is -0.369 e. The molecule has 1 fully saturated rings. The van der Waals surface area contributed by atoms with Gasteiger partial charge in [0.05, 0.1) is 5.41 Å². The molecule has 0 saturated heterocycles. The molecule has 1 aliphatic rings. The van der Waals surface area contributed by atoms with E-state index >= 15 is 0 Å². The molecule has 0 aliphatic heterocycles. The van der Waals surface area contributed by atoms with E-state index in [-0.39, 0.29) is 5.56 Å². The lowest BCUT2D eigenvalue weighted by Crippen LogP contribution is -2.48. The quantitative estimate of drug-likeness (QED) is 0.797. The average molecular weight is 211 g/mol. The summed E-state index contributed by atoms with van der Waals surface area (Å²) >= 11 is 0. The zero-order chi connectivity index (χ0) is 11.1. The number of hydrogen-bond donors (Lipinski definition) is 1. The van der Waals surface area contributed by atoms with E-state index in [2.05, 4.69) is 0 Å². The molecule has 15 heavy (non-hydrogen) atoms. The standard InChI is InChI=1S/C11H11F2NO/c12-7-3-1-4-8(13)9(7)11(10(14)15)5-2-6-11/h1,3-4H,2,5-6H2,(H2,14,15). The number of halogens is 2. The van der Waals surface area contributed by atoms with E-state index in [0.29, 0.717) is 12.8 Å². The monoisotopic (exact) mass is 211 g/mol. The molecule has 0 radical (unpaired) electrons. The summed E-state index contributed by atoms with van der Waals surface area (Å²) in [7, 11) is 0. The zero-order valence-corrected chi connectivity index (χ0v) is 8.09. The maximum absolute atomic E-state index is 13.5. The van der Waals surface area contributed by atoms with Gasteiger partial charge in [0.25, 0.3) is 0 Å². The van der Waals surface area contributed by atoms with Crippen LogP contribution in [-0.2, 0) is 10.2 Å². The highest BCUT2D eigenvalue weighted by Gasteiger charge is 2.47. The third kappa shape index (κ3) is 1.32. The van der Waals surface area contributed by atoms with Gasteiger partial charge in [-0.05, 0) is 25.0 Å². The Hall–Kier alpha value is -1.45. The fraction of sp³-hybridized carbons (Fsp3) is 0.364. The van der Waals surface area contributed by atoms with E-state index in [4.69, 9.17) is 5.73 Å². The van der Waals surface area contributed by atoms with E-state index < -0.39 is 23.0 Å². The SMILES string of the molecule is NC(=O)C1(c2c(F)cccc2F)CCC1. The van der Waals surface area contributed by atoms with Gasteiger partial charge in [-0.25, -0.2) is 8.78 Å². The van der Waals surface area contributed by atoms with E-state index in [1.807, 2.05) is 0 Å². The van der Waals surface area contributed by atoms with Crippen molar-refractivity contribution in [1.29, 1.82) is 0 Å². The summed E-state index contributed by atoms with van der Waals surface area (Å²) in [6, 6.07) is 3.59. The van der Waals surface area contributed by atoms with Gasteiger partial charge in [0.15, 0.2) is 0 Å². The fourth-order valence-electron chi connectivity index (χ4n) is 2.10. The molecule has 2 rings (SSSR count). The Morgan fingerprint density at radius 2 is 1.80 bits per heavy atom. The van der Waals surface area contributed by atoms with Crippen molar-refractivity contribution in [1.82, 2.24) is 0 Å². The van der Waals surface area contributed by atoms with Gasteiger partial charge in [-0.2, -0.15) is 0 Å². The highest BCUT2D eigenvalue weighted by molar-refractivity contribution is 5.87. The molecule has 1 aliphatic carbocycles. The van der Waals surface area contributed by atoms with Crippen LogP contribution in [0.2, 0.25) is 0 Å². The molecule has 1 aromatic rings. The molecule has 2 N–H and O–H groups in total. The second-order valence-electron chi connectivity index (χ2n) is 3.90. The Morgan fingerprint density at radius 3 is 2.13 bits per heavy atom. The Kier molecular flexibility index (Phi) is 2.21. The van der Waals surface area contributed by atoms with Crippen molar-refractivity contribution in [2.45, 2.75) is 24.7 Å². The smallest absolute Gasteiger partial charge is 0.228 e. The molecular formula is C11H11F2NO. The molecule has 0 heterocycles. The van der Waals surface area contributed by atoms with Gasteiger partial charge in [0.2, 0.25) is 5.91 Å². The van der Waals surface area contributed by atoms with E-state index in [1.54, 1.807) is 0 Å². The van der Waals surface area contributed by atoms with Crippen LogP contribution >= 0.6 is 0 Å². The highest BCUT2D eigenvalue weighted by Crippen LogP contribution is 2.45. The van der Waals surface area contributed by atoms with Gasteiger partial charge in [0, 0.05) is 5.56 Å². The molecule has 2 nitrogen and oxygen atoms in total. The van der Waals surface area contributed by atoms with Crippen LogP contribution in [0.3, 0.4) is 0 Å². The molecule has 0 atom stereocenters. The van der Waals surface area contributed by atoms with Crippen LogP contribution in [0.1, 0.15) is 24.8 Å². The fourth-order valence-corrected chi connectivity index (χ4v) is 2.10. The summed E-state index contributed by atoms with van der Waals surface area (Å²) in [5.74, 6) is -2.01. The first kappa shape index (κ1) is 10.1. The summed E-state index contributed by atoms with van der Waals surface area (Å²) in [6.45, 7) is 0. The molecule has 4 heteroatoms. The van der Waals surface area contributed by atoms with Gasteiger partial charge < -0.3 is 5.73 Å². The lowest BCUT2D eigenvalue weighted by Gasteiger charge is -2.39. The second-order valence-corrected chi connectivity index (χ2v) is 3.90. The van der Waals surface area contributed by atoms with Crippen molar-refractivity contribution in [3.8, 4) is 0 Å². The lowest BCUT2D eigenvalue weighted by molar-refractivity contribution is -0.126. The third-order valence-corrected chi connectivity index (χ3v) is 3.12. The number of primary amides is 1. The second kappa shape index (κ2) is 3.29. The van der Waals surface area contributed by atoms with E-state index in [0.717, 1.165) is 18.6 Å². The summed E-state index contributed by atoms with van der Waals surface area (Å²) in [5.41, 5.74) is 3.95. The molecule has 1 aromatic carbocycles. The summed E-state index contributed by atoms with van der Waals surface area (Å²) in [4.78, 5) is 11.3. The maximum atomic E-state index is 13.5. The van der Waals surface area contributed by atoms with Gasteiger partial charge in [-0.1, -0.05) is 12.5 Å². The van der Waals surface area contributed by atoms with Gasteiger partial charge in [-0.3, -0.25) is 4.79 Å². The van der Waals surface area contributed by atoms with Crippen molar-refractivity contribution in [2.75, 3.05) is 0 Å². The largest absolute Gasteiger partial charge is 0.369 e. The topological polar surface area (TPSA) is 43.1 Å². The Morgan fingerprint density at radius 1 is 1.27 bits per heavy atom. The molecule has 0 aromatic heterocycles. The number of carbonyl (C=O) groups is 1. The minimum atomic E-state index is -1.12. The summed E-state index contributed by atoms with van der Waals surface area (Å²) in [6.07, 6.45) is 1.64. The molecule has 1 amide bonds. The Balaban J connectivity index is 2.57. The summed E-state index contributed by atoms with van der Waals surface area (Å²) < 4.78 is 27.0. The van der Waals surface area contributed by atoms with Crippen LogP contribution in [0.4, 0.5) is 8.78 Å². The number of rotatable bonds is 2. The predicted octanol–water partition coefficient (Wildman–Crippen LogP) is 1.87. The van der Waals surface area contributed by atoms with Gasteiger partial charge in [-0.15, -0.1) is 0 Å². The van der Waals surface area contributed by atoms with Crippen LogP contribution in [0.25, 0.3) is 0 Å². The summed E-state index contributed by atoms with van der Waals surface area (Å²) in [5, 5.41) is 0. The highest BCUT2D eigenvalue weighted by atomic mass is 19.1. The van der Waals surface area contributed by atoms with Crippen LogP contribution in [0.5, 0.6) is 0 Å². The van der Waals surface area contributed by atoms with Gasteiger partial charge in [0.1, 0.15) is 11.6 Å². The number of hydrogen-bond acceptors (Lipinski definition) is 1. The first-order chi connectivity index (χ1) is 7.08. The van der Waals surface area contributed by atoms with Crippen molar-refractivity contribution < 1.29 is 13.6 Å². The van der Waals surface area contributed by atoms with Gasteiger partial charge >= 0.3 is 0 Å². The first-order valence-corrected chi connectivity index (χ1v) is 4.82. The van der Waals surface area contributed by atoms with Crippen LogP contribution in [0, 0.1) is 11.6 Å². The minimum absolute atomic E-state index is 0.163.